The number of carbonyl (C=O) groups excluding carboxylic acids is 2. The maximum atomic E-state index is 12.6. The molecule has 1 saturated carbocycles. The van der Waals surface area contributed by atoms with Crippen LogP contribution in [-0.4, -0.2) is 22.8 Å². The summed E-state index contributed by atoms with van der Waals surface area (Å²) in [5.74, 6) is -1.09. The molecule has 120 valence electrons. The van der Waals surface area contributed by atoms with Crippen molar-refractivity contribution in [3.63, 3.8) is 0 Å². The summed E-state index contributed by atoms with van der Waals surface area (Å²) in [4.78, 5) is 35.1. The molecular formula is C17H17NO5. The molecule has 2 unspecified atom stereocenters. The summed E-state index contributed by atoms with van der Waals surface area (Å²) in [5.41, 5.74) is 0.364. The van der Waals surface area contributed by atoms with Gasteiger partial charge < -0.3 is 4.74 Å². The molecule has 1 aliphatic heterocycles. The Morgan fingerprint density at radius 3 is 2.74 bits per heavy atom. The predicted octanol–water partition coefficient (Wildman–Crippen LogP) is 3.05. The molecule has 1 saturated heterocycles. The van der Waals surface area contributed by atoms with Crippen molar-refractivity contribution in [2.45, 2.75) is 38.2 Å². The Labute approximate surface area is 133 Å². The fourth-order valence-electron chi connectivity index (χ4n) is 3.24. The van der Waals surface area contributed by atoms with E-state index in [1.807, 2.05) is 0 Å². The van der Waals surface area contributed by atoms with Crippen LogP contribution in [0.5, 0.6) is 0 Å². The smallest absolute Gasteiger partial charge is 0.342 e. The van der Waals surface area contributed by atoms with Crippen molar-refractivity contribution in [1.82, 2.24) is 0 Å². The van der Waals surface area contributed by atoms with Gasteiger partial charge >= 0.3 is 5.97 Å². The summed E-state index contributed by atoms with van der Waals surface area (Å²) in [6.07, 6.45) is 5.50. The molecule has 0 bridgehead atoms. The SMILES string of the molecule is O=C1OC2CCCCCC2C(=O)/C1=C/c1cccc([N+](=O)[O-])c1. The van der Waals surface area contributed by atoms with Gasteiger partial charge in [0.1, 0.15) is 11.7 Å². The first kappa shape index (κ1) is 15.4. The van der Waals surface area contributed by atoms with Gasteiger partial charge in [-0.05, 0) is 30.9 Å². The predicted molar refractivity (Wildman–Crippen MR) is 82.5 cm³/mol. The standard InChI is InChI=1S/C17H17NO5/c19-16-13-7-2-1-3-8-15(13)23-17(20)14(16)10-11-5-4-6-12(9-11)18(21)22/h4-6,9-10,13,15H,1-3,7-8H2/b14-10-. The van der Waals surface area contributed by atoms with E-state index in [9.17, 15) is 19.7 Å². The Bertz CT molecular complexity index is 694. The molecule has 0 amide bonds. The number of nitro groups is 1. The van der Waals surface area contributed by atoms with Crippen LogP contribution in [-0.2, 0) is 14.3 Å². The highest BCUT2D eigenvalue weighted by molar-refractivity contribution is 6.22. The number of benzene rings is 1. The van der Waals surface area contributed by atoms with E-state index in [2.05, 4.69) is 0 Å². The lowest BCUT2D eigenvalue weighted by Crippen LogP contribution is -2.40. The third-order valence-corrected chi connectivity index (χ3v) is 4.43. The quantitative estimate of drug-likeness (QED) is 0.275. The van der Waals surface area contributed by atoms with Crippen molar-refractivity contribution in [1.29, 1.82) is 0 Å². The topological polar surface area (TPSA) is 86.5 Å². The fraction of sp³-hybridized carbons (Fsp3) is 0.412. The Hall–Kier alpha value is -2.50. The molecule has 2 aliphatic rings. The summed E-state index contributed by atoms with van der Waals surface area (Å²) in [7, 11) is 0. The summed E-state index contributed by atoms with van der Waals surface area (Å²) >= 11 is 0. The van der Waals surface area contributed by atoms with Crippen molar-refractivity contribution in [3.8, 4) is 0 Å². The number of rotatable bonds is 2. The van der Waals surface area contributed by atoms with Crippen LogP contribution < -0.4 is 0 Å². The van der Waals surface area contributed by atoms with E-state index < -0.39 is 10.9 Å². The molecule has 1 aliphatic carbocycles. The van der Waals surface area contributed by atoms with Gasteiger partial charge in [-0.25, -0.2) is 4.79 Å². The number of carbonyl (C=O) groups is 2. The molecular weight excluding hydrogens is 298 g/mol. The number of nitrogens with zero attached hydrogens (tertiary/aromatic N) is 1. The second-order valence-corrected chi connectivity index (χ2v) is 5.96. The third kappa shape index (κ3) is 3.16. The molecule has 6 heteroatoms. The summed E-state index contributed by atoms with van der Waals surface area (Å²) in [5, 5.41) is 10.8. The number of hydrogen-bond donors (Lipinski definition) is 0. The first-order valence-electron chi connectivity index (χ1n) is 7.77. The lowest BCUT2D eigenvalue weighted by atomic mass is 9.85. The first-order chi connectivity index (χ1) is 11.1. The number of ketones is 1. The molecule has 2 atom stereocenters. The van der Waals surface area contributed by atoms with Crippen molar-refractivity contribution in [3.05, 3.63) is 45.5 Å². The molecule has 3 rings (SSSR count). The molecule has 6 nitrogen and oxygen atoms in total. The second kappa shape index (κ2) is 6.32. The zero-order valence-corrected chi connectivity index (χ0v) is 12.6. The van der Waals surface area contributed by atoms with E-state index in [1.165, 1.54) is 24.3 Å². The minimum Gasteiger partial charge on any atom is -0.458 e. The van der Waals surface area contributed by atoms with E-state index in [-0.39, 0.29) is 29.1 Å². The van der Waals surface area contributed by atoms with E-state index in [0.717, 1.165) is 32.1 Å². The van der Waals surface area contributed by atoms with Crippen molar-refractivity contribution >= 4 is 23.5 Å². The average molecular weight is 315 g/mol. The number of hydrogen-bond acceptors (Lipinski definition) is 5. The van der Waals surface area contributed by atoms with Gasteiger partial charge in [0, 0.05) is 12.1 Å². The third-order valence-electron chi connectivity index (χ3n) is 4.43. The van der Waals surface area contributed by atoms with Crippen LogP contribution in [0.4, 0.5) is 5.69 Å². The zero-order chi connectivity index (χ0) is 16.4. The highest BCUT2D eigenvalue weighted by Gasteiger charge is 2.41. The number of non-ortho nitro benzene ring substituents is 1. The summed E-state index contributed by atoms with van der Waals surface area (Å²) < 4.78 is 5.44. The van der Waals surface area contributed by atoms with Crippen molar-refractivity contribution in [2.75, 3.05) is 0 Å². The van der Waals surface area contributed by atoms with Gasteiger partial charge in [0.25, 0.3) is 5.69 Å². The Balaban J connectivity index is 1.92. The van der Waals surface area contributed by atoms with E-state index in [1.54, 1.807) is 6.07 Å². The minimum atomic E-state index is -0.621. The van der Waals surface area contributed by atoms with Crippen LogP contribution in [0.3, 0.4) is 0 Å². The van der Waals surface area contributed by atoms with Gasteiger partial charge in [0.15, 0.2) is 5.78 Å². The number of esters is 1. The molecule has 0 aromatic heterocycles. The maximum Gasteiger partial charge on any atom is 0.342 e. The highest BCUT2D eigenvalue weighted by Crippen LogP contribution is 2.33. The Morgan fingerprint density at radius 1 is 1.17 bits per heavy atom. The van der Waals surface area contributed by atoms with E-state index in [0.29, 0.717) is 5.56 Å². The highest BCUT2D eigenvalue weighted by atomic mass is 16.6. The monoisotopic (exact) mass is 315 g/mol. The number of ether oxygens (including phenoxy) is 1. The zero-order valence-electron chi connectivity index (χ0n) is 12.6. The van der Waals surface area contributed by atoms with Crippen LogP contribution in [0.2, 0.25) is 0 Å². The van der Waals surface area contributed by atoms with Crippen LogP contribution in [0, 0.1) is 16.0 Å². The van der Waals surface area contributed by atoms with Crippen LogP contribution in [0.25, 0.3) is 6.08 Å². The molecule has 1 aromatic carbocycles. The van der Waals surface area contributed by atoms with Crippen LogP contribution in [0.15, 0.2) is 29.8 Å². The second-order valence-electron chi connectivity index (χ2n) is 5.96. The van der Waals surface area contributed by atoms with Gasteiger partial charge in [-0.3, -0.25) is 14.9 Å². The molecule has 1 heterocycles. The van der Waals surface area contributed by atoms with Gasteiger partial charge in [-0.1, -0.05) is 25.0 Å². The average Bonchev–Trinajstić information content (AvgIpc) is 2.77. The fourth-order valence-corrected chi connectivity index (χ4v) is 3.24. The van der Waals surface area contributed by atoms with Crippen LogP contribution in [0.1, 0.15) is 37.7 Å². The number of nitro benzene ring substituents is 1. The summed E-state index contributed by atoms with van der Waals surface area (Å²) in [6, 6.07) is 5.86. The van der Waals surface area contributed by atoms with Crippen LogP contribution >= 0.6 is 0 Å². The Morgan fingerprint density at radius 2 is 1.96 bits per heavy atom. The van der Waals surface area contributed by atoms with E-state index >= 15 is 0 Å². The molecule has 2 fully saturated rings. The number of Topliss-reactive ketones (excluding diaryl/α,β-unsaturated/α-hetero) is 1. The molecule has 1 aromatic rings. The molecule has 23 heavy (non-hydrogen) atoms. The van der Waals surface area contributed by atoms with E-state index in [4.69, 9.17) is 4.74 Å². The van der Waals surface area contributed by atoms with Gasteiger partial charge in [-0.15, -0.1) is 0 Å². The largest absolute Gasteiger partial charge is 0.458 e. The van der Waals surface area contributed by atoms with Gasteiger partial charge in [0.05, 0.1) is 10.8 Å². The minimum absolute atomic E-state index is 0.00588. The summed E-state index contributed by atoms with van der Waals surface area (Å²) in [6.45, 7) is 0. The Kier molecular flexibility index (Phi) is 4.23. The van der Waals surface area contributed by atoms with Gasteiger partial charge in [-0.2, -0.15) is 0 Å². The normalized spacial score (nSPS) is 26.3. The maximum absolute atomic E-state index is 12.6. The molecule has 0 radical (unpaired) electrons. The lowest BCUT2D eigenvalue weighted by molar-refractivity contribution is -0.384. The molecule has 0 N–H and O–H groups in total. The first-order valence-corrected chi connectivity index (χ1v) is 7.77. The van der Waals surface area contributed by atoms with Gasteiger partial charge in [0.2, 0.25) is 0 Å². The van der Waals surface area contributed by atoms with Crippen molar-refractivity contribution < 1.29 is 19.2 Å². The van der Waals surface area contributed by atoms with Crippen molar-refractivity contribution in [2.24, 2.45) is 5.92 Å². The number of fused-ring (bicyclic) bond motifs is 1. The molecule has 0 spiro atoms. The lowest BCUT2D eigenvalue weighted by Gasteiger charge is -2.29.